The van der Waals surface area contributed by atoms with Crippen molar-refractivity contribution in [1.29, 1.82) is 5.26 Å². The number of nitrogens with zero attached hydrogens (tertiary/aromatic N) is 3. The Labute approximate surface area is 119 Å². The molecule has 3 rings (SSSR count). The standard InChI is InChI=1S/C15H19N3O2/c1-19-14-12(9-16)13(3-6-17-14)18-7-2-4-15(10-18)5-8-20-11-15/h3,6H,2,4-5,7-8,10-11H2,1H3/t15-/m1/s1. The summed E-state index contributed by atoms with van der Waals surface area (Å²) in [6.07, 6.45) is 5.18. The van der Waals surface area contributed by atoms with Gasteiger partial charge in [-0.15, -0.1) is 0 Å². The number of hydrogen-bond acceptors (Lipinski definition) is 5. The zero-order valence-corrected chi connectivity index (χ0v) is 11.8. The van der Waals surface area contributed by atoms with Gasteiger partial charge in [0.25, 0.3) is 0 Å². The molecular weight excluding hydrogens is 254 g/mol. The Balaban J connectivity index is 1.91. The SMILES string of the molecule is COc1nccc(N2CCC[C@@]3(CCOC3)C2)c1C#N. The summed E-state index contributed by atoms with van der Waals surface area (Å²) in [5, 5.41) is 9.40. The molecular formula is C15H19N3O2. The summed E-state index contributed by atoms with van der Waals surface area (Å²) in [7, 11) is 1.55. The lowest BCUT2D eigenvalue weighted by atomic mass is 9.79. The minimum Gasteiger partial charge on any atom is -0.480 e. The van der Waals surface area contributed by atoms with E-state index < -0.39 is 0 Å². The predicted octanol–water partition coefficient (Wildman–Crippen LogP) is 1.97. The van der Waals surface area contributed by atoms with Crippen LogP contribution in [0.25, 0.3) is 0 Å². The molecule has 20 heavy (non-hydrogen) atoms. The summed E-state index contributed by atoms with van der Waals surface area (Å²) in [4.78, 5) is 6.41. The molecule has 0 amide bonds. The molecule has 5 heteroatoms. The second kappa shape index (κ2) is 5.29. The third kappa shape index (κ3) is 2.20. The average Bonchev–Trinajstić information content (AvgIpc) is 2.94. The van der Waals surface area contributed by atoms with Gasteiger partial charge in [-0.3, -0.25) is 0 Å². The monoisotopic (exact) mass is 273 g/mol. The topological polar surface area (TPSA) is 58.4 Å². The number of anilines is 1. The fraction of sp³-hybridized carbons (Fsp3) is 0.600. The highest BCUT2D eigenvalue weighted by Crippen LogP contribution is 2.40. The lowest BCUT2D eigenvalue weighted by Crippen LogP contribution is -2.44. The Bertz CT molecular complexity index is 532. The molecule has 1 aromatic heterocycles. The van der Waals surface area contributed by atoms with Crippen LogP contribution in [0.15, 0.2) is 12.3 Å². The molecule has 0 N–H and O–H groups in total. The van der Waals surface area contributed by atoms with Crippen LogP contribution in [0.3, 0.4) is 0 Å². The van der Waals surface area contributed by atoms with E-state index in [9.17, 15) is 5.26 Å². The van der Waals surface area contributed by atoms with Gasteiger partial charge in [0.1, 0.15) is 11.6 Å². The summed E-state index contributed by atoms with van der Waals surface area (Å²) in [5.41, 5.74) is 1.73. The van der Waals surface area contributed by atoms with Crippen molar-refractivity contribution in [3.63, 3.8) is 0 Å². The van der Waals surface area contributed by atoms with Crippen LogP contribution in [-0.4, -0.2) is 38.4 Å². The Kier molecular flexibility index (Phi) is 3.49. The highest BCUT2D eigenvalue weighted by atomic mass is 16.5. The summed E-state index contributed by atoms with van der Waals surface area (Å²) in [5.74, 6) is 0.410. The molecule has 0 aliphatic carbocycles. The zero-order valence-electron chi connectivity index (χ0n) is 11.8. The summed E-state index contributed by atoms with van der Waals surface area (Å²) < 4.78 is 10.8. The van der Waals surface area contributed by atoms with Crippen molar-refractivity contribution < 1.29 is 9.47 Å². The summed E-state index contributed by atoms with van der Waals surface area (Å²) >= 11 is 0. The maximum absolute atomic E-state index is 9.40. The van der Waals surface area contributed by atoms with Crippen LogP contribution in [0, 0.1) is 16.7 Å². The first-order valence-corrected chi connectivity index (χ1v) is 7.04. The first-order valence-electron chi connectivity index (χ1n) is 7.04. The van der Waals surface area contributed by atoms with E-state index in [1.807, 2.05) is 6.07 Å². The number of methoxy groups -OCH3 is 1. The molecule has 5 nitrogen and oxygen atoms in total. The molecule has 0 saturated carbocycles. The number of rotatable bonds is 2. The molecule has 3 heterocycles. The van der Waals surface area contributed by atoms with Crippen LogP contribution in [0.5, 0.6) is 5.88 Å². The van der Waals surface area contributed by atoms with E-state index in [4.69, 9.17) is 9.47 Å². The predicted molar refractivity (Wildman–Crippen MR) is 74.8 cm³/mol. The lowest BCUT2D eigenvalue weighted by molar-refractivity contribution is 0.139. The van der Waals surface area contributed by atoms with E-state index >= 15 is 0 Å². The molecule has 1 spiro atoms. The number of hydrogen-bond donors (Lipinski definition) is 0. The molecule has 2 saturated heterocycles. The Morgan fingerprint density at radius 3 is 3.10 bits per heavy atom. The van der Waals surface area contributed by atoms with Gasteiger partial charge in [-0.05, 0) is 25.3 Å². The summed E-state index contributed by atoms with van der Waals surface area (Å²) in [6.45, 7) is 3.63. The molecule has 0 aromatic carbocycles. The van der Waals surface area contributed by atoms with Gasteiger partial charge >= 0.3 is 0 Å². The Hall–Kier alpha value is -1.80. The van der Waals surface area contributed by atoms with Crippen molar-refractivity contribution in [2.45, 2.75) is 19.3 Å². The first-order chi connectivity index (χ1) is 9.78. The number of aromatic nitrogens is 1. The Morgan fingerprint density at radius 1 is 1.50 bits per heavy atom. The van der Waals surface area contributed by atoms with Crippen molar-refractivity contribution in [3.05, 3.63) is 17.8 Å². The first kappa shape index (κ1) is 13.2. The molecule has 106 valence electrons. The maximum atomic E-state index is 9.40. The van der Waals surface area contributed by atoms with Gasteiger partial charge in [0.15, 0.2) is 0 Å². The largest absolute Gasteiger partial charge is 0.480 e. The second-order valence-corrected chi connectivity index (χ2v) is 5.65. The van der Waals surface area contributed by atoms with Crippen LogP contribution in [0.4, 0.5) is 5.69 Å². The van der Waals surface area contributed by atoms with Crippen LogP contribution < -0.4 is 9.64 Å². The van der Waals surface area contributed by atoms with E-state index in [1.165, 1.54) is 6.42 Å². The van der Waals surface area contributed by atoms with Crippen molar-refractivity contribution in [2.24, 2.45) is 5.41 Å². The van der Waals surface area contributed by atoms with Gasteiger partial charge in [0.05, 0.1) is 19.4 Å². The minimum atomic E-state index is 0.265. The van der Waals surface area contributed by atoms with E-state index in [0.717, 1.165) is 44.8 Å². The van der Waals surface area contributed by atoms with Crippen molar-refractivity contribution in [1.82, 2.24) is 4.98 Å². The van der Waals surface area contributed by atoms with Gasteiger partial charge in [-0.1, -0.05) is 0 Å². The smallest absolute Gasteiger partial charge is 0.233 e. The highest BCUT2D eigenvalue weighted by molar-refractivity contribution is 5.63. The third-order valence-corrected chi connectivity index (χ3v) is 4.39. The van der Waals surface area contributed by atoms with Crippen LogP contribution in [-0.2, 0) is 4.74 Å². The lowest BCUT2D eigenvalue weighted by Gasteiger charge is -2.41. The van der Waals surface area contributed by atoms with E-state index in [2.05, 4.69) is 16.0 Å². The minimum absolute atomic E-state index is 0.265. The van der Waals surface area contributed by atoms with E-state index in [0.29, 0.717) is 11.4 Å². The number of ether oxygens (including phenoxy) is 2. The number of nitriles is 1. The van der Waals surface area contributed by atoms with Crippen molar-refractivity contribution in [2.75, 3.05) is 38.3 Å². The fourth-order valence-corrected chi connectivity index (χ4v) is 3.34. The average molecular weight is 273 g/mol. The van der Waals surface area contributed by atoms with E-state index in [1.54, 1.807) is 13.3 Å². The van der Waals surface area contributed by atoms with Gasteiger partial charge in [-0.25, -0.2) is 4.98 Å². The van der Waals surface area contributed by atoms with Gasteiger partial charge in [-0.2, -0.15) is 5.26 Å². The van der Waals surface area contributed by atoms with Crippen LogP contribution in [0.1, 0.15) is 24.8 Å². The van der Waals surface area contributed by atoms with Crippen LogP contribution in [0.2, 0.25) is 0 Å². The number of pyridine rings is 1. The molecule has 2 fully saturated rings. The normalized spacial score (nSPS) is 25.7. The molecule has 1 aromatic rings. The molecule has 0 bridgehead atoms. The van der Waals surface area contributed by atoms with Gasteiger partial charge in [0.2, 0.25) is 5.88 Å². The van der Waals surface area contributed by atoms with Gasteiger partial charge < -0.3 is 14.4 Å². The summed E-state index contributed by atoms with van der Waals surface area (Å²) in [6, 6.07) is 4.14. The van der Waals surface area contributed by atoms with Gasteiger partial charge in [0, 0.05) is 31.3 Å². The van der Waals surface area contributed by atoms with Crippen LogP contribution >= 0.6 is 0 Å². The third-order valence-electron chi connectivity index (χ3n) is 4.39. The van der Waals surface area contributed by atoms with E-state index in [-0.39, 0.29) is 5.41 Å². The molecule has 1 atom stereocenters. The highest BCUT2D eigenvalue weighted by Gasteiger charge is 2.39. The molecule has 2 aliphatic heterocycles. The maximum Gasteiger partial charge on any atom is 0.233 e. The molecule has 2 aliphatic rings. The Morgan fingerprint density at radius 2 is 2.40 bits per heavy atom. The number of piperidine rings is 1. The quantitative estimate of drug-likeness (QED) is 0.824. The second-order valence-electron chi connectivity index (χ2n) is 5.65. The zero-order chi connectivity index (χ0) is 14.0. The molecule has 0 radical (unpaired) electrons. The molecule has 0 unspecified atom stereocenters. The van der Waals surface area contributed by atoms with Crippen molar-refractivity contribution in [3.8, 4) is 11.9 Å². The van der Waals surface area contributed by atoms with Crippen molar-refractivity contribution >= 4 is 5.69 Å². The fourth-order valence-electron chi connectivity index (χ4n) is 3.34.